The van der Waals surface area contributed by atoms with E-state index in [2.05, 4.69) is 20.6 Å². The Morgan fingerprint density at radius 1 is 1.41 bits per heavy atom. The van der Waals surface area contributed by atoms with Crippen LogP contribution in [0.2, 0.25) is 0 Å². The number of thioether (sulfide) groups is 1. The van der Waals surface area contributed by atoms with Gasteiger partial charge in [0, 0.05) is 4.90 Å². The molecule has 1 aromatic heterocycles. The molecule has 86 valence electrons. The molecule has 6 nitrogen and oxygen atoms in total. The molecule has 1 amide bonds. The Labute approximate surface area is 101 Å². The van der Waals surface area contributed by atoms with E-state index in [-0.39, 0.29) is 5.91 Å². The molecule has 0 aliphatic carbocycles. The number of aromatic amines is 1. The van der Waals surface area contributed by atoms with Gasteiger partial charge in [0.2, 0.25) is 5.91 Å². The number of hydrogen-bond acceptors (Lipinski definition) is 5. The molecule has 7 heteroatoms. The summed E-state index contributed by atoms with van der Waals surface area (Å²) in [6.45, 7) is 0.354. The summed E-state index contributed by atoms with van der Waals surface area (Å²) in [4.78, 5) is 14.7. The quantitative estimate of drug-likeness (QED) is 0.851. The molecule has 0 atom stereocenters. The van der Waals surface area contributed by atoms with Gasteiger partial charge in [-0.2, -0.15) is 5.21 Å². The lowest BCUT2D eigenvalue weighted by Crippen LogP contribution is -2.35. The third-order valence-corrected chi connectivity index (χ3v) is 3.54. The second-order valence-electron chi connectivity index (χ2n) is 3.56. The van der Waals surface area contributed by atoms with Crippen molar-refractivity contribution >= 4 is 23.4 Å². The van der Waals surface area contributed by atoms with Crippen LogP contribution in [0.15, 0.2) is 29.2 Å². The molecule has 2 aromatic rings. The molecule has 17 heavy (non-hydrogen) atoms. The summed E-state index contributed by atoms with van der Waals surface area (Å²) < 4.78 is 0. The lowest BCUT2D eigenvalue weighted by atomic mass is 10.2. The second kappa shape index (κ2) is 4.17. The van der Waals surface area contributed by atoms with E-state index >= 15 is 0 Å². The summed E-state index contributed by atoms with van der Waals surface area (Å²) in [5.41, 5.74) is 0.915. The number of rotatable bonds is 2. The first-order valence-electron chi connectivity index (χ1n) is 5.09. The minimum atomic E-state index is 0.0681. The van der Waals surface area contributed by atoms with Gasteiger partial charge in [-0.3, -0.25) is 4.79 Å². The van der Waals surface area contributed by atoms with Crippen LogP contribution in [0.4, 0.5) is 5.69 Å². The standard InChI is InChI=1S/C10H9N5OS/c16-10-6-17-8-4-2-1-3-7(8)15(10)5-9-11-13-14-12-9/h1-4H,5-6H2,(H,11,12,13,14). The fourth-order valence-corrected chi connectivity index (χ4v) is 2.65. The van der Waals surface area contributed by atoms with Crippen LogP contribution in [0.25, 0.3) is 0 Å². The number of benzene rings is 1. The van der Waals surface area contributed by atoms with Crippen LogP contribution in [-0.4, -0.2) is 32.3 Å². The summed E-state index contributed by atoms with van der Waals surface area (Å²) in [6, 6.07) is 7.82. The fourth-order valence-electron chi connectivity index (χ4n) is 1.72. The first-order valence-corrected chi connectivity index (χ1v) is 6.07. The van der Waals surface area contributed by atoms with Crippen LogP contribution < -0.4 is 4.90 Å². The maximum atomic E-state index is 11.9. The molecule has 1 N–H and O–H groups in total. The molecule has 1 aliphatic rings. The molecule has 3 rings (SSSR count). The predicted octanol–water partition coefficient (Wildman–Crippen LogP) is 0.839. The monoisotopic (exact) mass is 247 g/mol. The summed E-state index contributed by atoms with van der Waals surface area (Å²) in [6.07, 6.45) is 0. The van der Waals surface area contributed by atoms with Gasteiger partial charge in [0.15, 0.2) is 5.82 Å². The van der Waals surface area contributed by atoms with Crippen LogP contribution in [0.5, 0.6) is 0 Å². The third-order valence-electron chi connectivity index (χ3n) is 2.50. The fraction of sp³-hybridized carbons (Fsp3) is 0.200. The van der Waals surface area contributed by atoms with Crippen LogP contribution in [0, 0.1) is 0 Å². The van der Waals surface area contributed by atoms with E-state index in [1.165, 1.54) is 0 Å². The largest absolute Gasteiger partial charge is 0.303 e. The van der Waals surface area contributed by atoms with Crippen molar-refractivity contribution < 1.29 is 4.79 Å². The van der Waals surface area contributed by atoms with E-state index in [1.54, 1.807) is 16.7 Å². The lowest BCUT2D eigenvalue weighted by Gasteiger charge is -2.27. The van der Waals surface area contributed by atoms with Gasteiger partial charge >= 0.3 is 0 Å². The van der Waals surface area contributed by atoms with E-state index in [0.29, 0.717) is 18.1 Å². The van der Waals surface area contributed by atoms with Gasteiger partial charge in [0.05, 0.1) is 18.0 Å². The van der Waals surface area contributed by atoms with E-state index in [4.69, 9.17) is 0 Å². The van der Waals surface area contributed by atoms with Crippen molar-refractivity contribution in [1.82, 2.24) is 20.6 Å². The van der Waals surface area contributed by atoms with E-state index in [1.807, 2.05) is 24.3 Å². The van der Waals surface area contributed by atoms with Gasteiger partial charge in [0.1, 0.15) is 0 Å². The molecule has 2 heterocycles. The first-order chi connectivity index (χ1) is 8.34. The number of carbonyl (C=O) groups excluding carboxylic acids is 1. The Kier molecular flexibility index (Phi) is 2.52. The van der Waals surface area contributed by atoms with E-state index in [9.17, 15) is 4.79 Å². The number of nitrogens with zero attached hydrogens (tertiary/aromatic N) is 4. The number of H-pyrrole nitrogens is 1. The highest BCUT2D eigenvalue weighted by Gasteiger charge is 2.25. The molecule has 0 unspecified atom stereocenters. The Hall–Kier alpha value is -1.89. The first kappa shape index (κ1) is 10.3. The Morgan fingerprint density at radius 2 is 2.29 bits per heavy atom. The zero-order valence-corrected chi connectivity index (χ0v) is 9.65. The van der Waals surface area contributed by atoms with Gasteiger partial charge in [-0.1, -0.05) is 17.3 Å². The summed E-state index contributed by atoms with van der Waals surface area (Å²) in [5, 5.41) is 13.6. The van der Waals surface area contributed by atoms with Crippen LogP contribution >= 0.6 is 11.8 Å². The Balaban J connectivity index is 1.95. The van der Waals surface area contributed by atoms with Crippen molar-refractivity contribution in [1.29, 1.82) is 0 Å². The molecular formula is C10H9N5OS. The van der Waals surface area contributed by atoms with Crippen molar-refractivity contribution in [3.8, 4) is 0 Å². The minimum absolute atomic E-state index is 0.0681. The highest BCUT2D eigenvalue weighted by molar-refractivity contribution is 8.00. The number of fused-ring (bicyclic) bond motifs is 1. The highest BCUT2D eigenvalue weighted by Crippen LogP contribution is 2.35. The van der Waals surface area contributed by atoms with E-state index in [0.717, 1.165) is 10.6 Å². The molecule has 0 radical (unpaired) electrons. The van der Waals surface area contributed by atoms with Gasteiger partial charge in [-0.05, 0) is 12.1 Å². The van der Waals surface area contributed by atoms with Gasteiger partial charge in [0.25, 0.3) is 0 Å². The average Bonchev–Trinajstić information content (AvgIpc) is 2.86. The number of nitrogens with one attached hydrogen (secondary N) is 1. The maximum absolute atomic E-state index is 11.9. The van der Waals surface area contributed by atoms with Crippen molar-refractivity contribution in [3.05, 3.63) is 30.1 Å². The SMILES string of the molecule is O=C1CSc2ccccc2N1Cc1nn[nH]n1. The zero-order chi connectivity index (χ0) is 11.7. The van der Waals surface area contributed by atoms with Crippen molar-refractivity contribution in [2.24, 2.45) is 0 Å². The lowest BCUT2D eigenvalue weighted by molar-refractivity contribution is -0.116. The Morgan fingerprint density at radius 3 is 3.12 bits per heavy atom. The molecule has 0 fully saturated rings. The van der Waals surface area contributed by atoms with Crippen molar-refractivity contribution in [3.63, 3.8) is 0 Å². The minimum Gasteiger partial charge on any atom is -0.303 e. The van der Waals surface area contributed by atoms with Crippen LogP contribution in [0.3, 0.4) is 0 Å². The smallest absolute Gasteiger partial charge is 0.237 e. The normalized spacial score (nSPS) is 14.8. The maximum Gasteiger partial charge on any atom is 0.237 e. The van der Waals surface area contributed by atoms with Gasteiger partial charge in [-0.25, -0.2) is 0 Å². The number of amides is 1. The molecule has 0 bridgehead atoms. The van der Waals surface area contributed by atoms with Gasteiger partial charge in [-0.15, -0.1) is 22.0 Å². The molecule has 0 saturated heterocycles. The zero-order valence-electron chi connectivity index (χ0n) is 8.83. The number of para-hydroxylation sites is 1. The number of carbonyl (C=O) groups is 1. The topological polar surface area (TPSA) is 74.8 Å². The number of anilines is 1. The summed E-state index contributed by atoms with van der Waals surface area (Å²) >= 11 is 1.56. The van der Waals surface area contributed by atoms with Crippen LogP contribution in [0.1, 0.15) is 5.82 Å². The number of hydrogen-bond donors (Lipinski definition) is 1. The molecule has 1 aromatic carbocycles. The molecule has 1 aliphatic heterocycles. The third kappa shape index (κ3) is 1.89. The van der Waals surface area contributed by atoms with Crippen molar-refractivity contribution in [2.45, 2.75) is 11.4 Å². The molecule has 0 spiro atoms. The summed E-state index contributed by atoms with van der Waals surface area (Å²) in [7, 11) is 0. The van der Waals surface area contributed by atoms with Crippen molar-refractivity contribution in [2.75, 3.05) is 10.7 Å². The Bertz CT molecular complexity index is 541. The second-order valence-corrected chi connectivity index (χ2v) is 4.58. The molecular weight excluding hydrogens is 238 g/mol. The average molecular weight is 247 g/mol. The number of aromatic nitrogens is 4. The van der Waals surface area contributed by atoms with E-state index < -0.39 is 0 Å². The predicted molar refractivity (Wildman–Crippen MR) is 62.5 cm³/mol. The van der Waals surface area contributed by atoms with Crippen LogP contribution in [-0.2, 0) is 11.3 Å². The number of tetrazole rings is 1. The highest BCUT2D eigenvalue weighted by atomic mass is 32.2. The van der Waals surface area contributed by atoms with Gasteiger partial charge < -0.3 is 4.90 Å². The molecule has 0 saturated carbocycles. The summed E-state index contributed by atoms with van der Waals surface area (Å²) in [5.74, 6) is 1.04.